The predicted molar refractivity (Wildman–Crippen MR) is 109 cm³/mol. The molecule has 0 bridgehead atoms. The third kappa shape index (κ3) is 3.16. The number of amides is 2. The van der Waals surface area contributed by atoms with Crippen LogP contribution in [0.2, 0.25) is 0 Å². The van der Waals surface area contributed by atoms with Crippen molar-refractivity contribution in [2.45, 2.75) is 6.54 Å². The summed E-state index contributed by atoms with van der Waals surface area (Å²) in [5.74, 6) is 1.54. The van der Waals surface area contributed by atoms with Crippen LogP contribution in [0.4, 0.5) is 33.6 Å². The van der Waals surface area contributed by atoms with Crippen molar-refractivity contribution < 1.29 is 9.53 Å². The monoisotopic (exact) mass is 376 g/mol. The molecule has 1 aromatic heterocycles. The van der Waals surface area contributed by atoms with Gasteiger partial charge in [0.05, 0.1) is 19.3 Å². The number of nitrogens with one attached hydrogen (secondary N) is 1. The van der Waals surface area contributed by atoms with Crippen LogP contribution >= 0.6 is 0 Å². The molecule has 0 aliphatic carbocycles. The molecule has 142 valence electrons. The number of carbonyl (C=O) groups excluding carboxylic acids is 1. The molecular weight excluding hydrogens is 356 g/mol. The number of nitrogens with zero attached hydrogens (tertiary/aromatic N) is 4. The zero-order chi connectivity index (χ0) is 19.7. The van der Waals surface area contributed by atoms with Crippen LogP contribution in [0.25, 0.3) is 0 Å². The summed E-state index contributed by atoms with van der Waals surface area (Å²) in [6, 6.07) is 14.6. The number of para-hydroxylation sites is 1. The molecule has 0 spiro atoms. The van der Waals surface area contributed by atoms with Crippen LogP contribution in [-0.2, 0) is 6.54 Å². The van der Waals surface area contributed by atoms with Gasteiger partial charge in [0.15, 0.2) is 0 Å². The molecule has 0 fully saturated rings. The fourth-order valence-corrected chi connectivity index (χ4v) is 3.12. The number of ether oxygens (including phenoxy) is 1. The molecule has 2 aromatic carbocycles. The number of nitrogen functional groups attached to an aromatic ring is 1. The average Bonchev–Trinajstić information content (AvgIpc) is 2.72. The molecule has 28 heavy (non-hydrogen) atoms. The first kappa shape index (κ1) is 17.6. The van der Waals surface area contributed by atoms with Gasteiger partial charge in [0.2, 0.25) is 5.95 Å². The molecule has 8 nitrogen and oxygen atoms in total. The molecule has 4 rings (SSSR count). The lowest BCUT2D eigenvalue weighted by molar-refractivity contribution is 0.251. The van der Waals surface area contributed by atoms with Gasteiger partial charge in [-0.15, -0.1) is 0 Å². The van der Waals surface area contributed by atoms with Gasteiger partial charge in [0, 0.05) is 30.2 Å². The van der Waals surface area contributed by atoms with Crippen LogP contribution in [0.5, 0.6) is 5.75 Å². The Hall–Kier alpha value is -3.81. The molecule has 0 atom stereocenters. The highest BCUT2D eigenvalue weighted by atomic mass is 16.5. The van der Waals surface area contributed by atoms with Crippen LogP contribution in [0, 0.1) is 0 Å². The third-order valence-corrected chi connectivity index (χ3v) is 4.54. The third-order valence-electron chi connectivity index (χ3n) is 4.54. The minimum absolute atomic E-state index is 0.148. The summed E-state index contributed by atoms with van der Waals surface area (Å²) < 4.78 is 5.34. The summed E-state index contributed by atoms with van der Waals surface area (Å²) in [5.41, 5.74) is 8.79. The minimum atomic E-state index is -0.148. The number of urea groups is 1. The van der Waals surface area contributed by atoms with Crippen LogP contribution in [0.1, 0.15) is 5.56 Å². The van der Waals surface area contributed by atoms with Crippen LogP contribution in [0.15, 0.2) is 54.7 Å². The Morgan fingerprint density at radius 1 is 1.18 bits per heavy atom. The van der Waals surface area contributed by atoms with Gasteiger partial charge >= 0.3 is 6.03 Å². The maximum atomic E-state index is 12.8. The number of rotatable bonds is 4. The first-order chi connectivity index (χ1) is 13.6. The van der Waals surface area contributed by atoms with Crippen molar-refractivity contribution in [1.82, 2.24) is 9.97 Å². The Balaban J connectivity index is 1.65. The Morgan fingerprint density at radius 2 is 1.96 bits per heavy atom. The van der Waals surface area contributed by atoms with E-state index in [1.807, 2.05) is 30.3 Å². The van der Waals surface area contributed by atoms with E-state index in [2.05, 4.69) is 15.3 Å². The molecule has 1 aliphatic heterocycles. The van der Waals surface area contributed by atoms with Gasteiger partial charge in [-0.25, -0.2) is 9.78 Å². The number of aromatic nitrogens is 2. The van der Waals surface area contributed by atoms with E-state index in [4.69, 9.17) is 10.5 Å². The number of fused-ring (bicyclic) bond motifs is 1. The summed E-state index contributed by atoms with van der Waals surface area (Å²) in [6.07, 6.45) is 1.72. The largest absolute Gasteiger partial charge is 0.495 e. The first-order valence-corrected chi connectivity index (χ1v) is 8.73. The number of benzene rings is 2. The summed E-state index contributed by atoms with van der Waals surface area (Å²) in [6.45, 7) is 0.407. The molecule has 2 heterocycles. The zero-order valence-electron chi connectivity index (χ0n) is 15.6. The standard InChI is InChI=1S/C20H20N6O2/c1-25-18-13(12-26(20(25)27)15-6-4-3-5-7-15)11-22-19(24-18)23-16-10-14(21)8-9-17(16)28-2/h3-11H,12,21H2,1-2H3,(H,22,23,24). The lowest BCUT2D eigenvalue weighted by atomic mass is 10.2. The number of hydrogen-bond donors (Lipinski definition) is 2. The molecule has 0 saturated carbocycles. The SMILES string of the molecule is COc1ccc(N)cc1Nc1ncc2c(n1)N(C)C(=O)N(c1ccccc1)C2. The average molecular weight is 376 g/mol. The van der Waals surface area contributed by atoms with E-state index < -0.39 is 0 Å². The highest BCUT2D eigenvalue weighted by Gasteiger charge is 2.30. The molecular formula is C20H20N6O2. The Morgan fingerprint density at radius 3 is 2.71 bits per heavy atom. The lowest BCUT2D eigenvalue weighted by Gasteiger charge is -2.34. The van der Waals surface area contributed by atoms with Gasteiger partial charge in [0.1, 0.15) is 11.6 Å². The maximum absolute atomic E-state index is 12.8. The highest BCUT2D eigenvalue weighted by Crippen LogP contribution is 2.32. The summed E-state index contributed by atoms with van der Waals surface area (Å²) in [4.78, 5) is 25.0. The van der Waals surface area contributed by atoms with Crippen molar-refractivity contribution in [3.8, 4) is 5.75 Å². The van der Waals surface area contributed by atoms with E-state index in [1.54, 1.807) is 43.5 Å². The summed E-state index contributed by atoms with van der Waals surface area (Å²) >= 11 is 0. The quantitative estimate of drug-likeness (QED) is 0.678. The van der Waals surface area contributed by atoms with Crippen molar-refractivity contribution in [2.24, 2.45) is 0 Å². The smallest absolute Gasteiger partial charge is 0.330 e. The van der Waals surface area contributed by atoms with Gasteiger partial charge in [-0.3, -0.25) is 9.80 Å². The second-order valence-electron chi connectivity index (χ2n) is 6.39. The second-order valence-corrected chi connectivity index (χ2v) is 6.39. The van der Waals surface area contributed by atoms with E-state index >= 15 is 0 Å². The molecule has 3 aromatic rings. The highest BCUT2D eigenvalue weighted by molar-refractivity contribution is 6.05. The zero-order valence-corrected chi connectivity index (χ0v) is 15.6. The molecule has 2 amide bonds. The van der Waals surface area contributed by atoms with Crippen molar-refractivity contribution in [2.75, 3.05) is 35.0 Å². The fourth-order valence-electron chi connectivity index (χ4n) is 3.12. The van der Waals surface area contributed by atoms with E-state index in [-0.39, 0.29) is 6.03 Å². The van der Waals surface area contributed by atoms with Gasteiger partial charge < -0.3 is 15.8 Å². The van der Waals surface area contributed by atoms with E-state index in [0.29, 0.717) is 35.4 Å². The topological polar surface area (TPSA) is 96.6 Å². The number of hydrogen-bond acceptors (Lipinski definition) is 6. The molecule has 0 unspecified atom stereocenters. The van der Waals surface area contributed by atoms with Gasteiger partial charge in [-0.1, -0.05) is 18.2 Å². The van der Waals surface area contributed by atoms with Crippen LogP contribution in [-0.4, -0.2) is 30.2 Å². The fraction of sp³-hybridized carbons (Fsp3) is 0.150. The molecule has 1 aliphatic rings. The second kappa shape index (κ2) is 7.07. The number of anilines is 5. The summed E-state index contributed by atoms with van der Waals surface area (Å²) in [7, 11) is 3.28. The Labute approximate surface area is 162 Å². The summed E-state index contributed by atoms with van der Waals surface area (Å²) in [5, 5.41) is 3.11. The Bertz CT molecular complexity index is 1020. The van der Waals surface area contributed by atoms with Gasteiger partial charge in [0.25, 0.3) is 0 Å². The van der Waals surface area contributed by atoms with Gasteiger partial charge in [-0.05, 0) is 30.3 Å². The van der Waals surface area contributed by atoms with E-state index in [0.717, 1.165) is 11.3 Å². The minimum Gasteiger partial charge on any atom is -0.495 e. The number of methoxy groups -OCH3 is 1. The molecule has 3 N–H and O–H groups in total. The number of carbonyl (C=O) groups is 1. The molecule has 0 radical (unpaired) electrons. The molecule has 8 heteroatoms. The normalized spacial score (nSPS) is 13.3. The van der Waals surface area contributed by atoms with E-state index in [1.165, 1.54) is 4.90 Å². The van der Waals surface area contributed by atoms with Crippen molar-refractivity contribution in [3.63, 3.8) is 0 Å². The van der Waals surface area contributed by atoms with Crippen LogP contribution in [0.3, 0.4) is 0 Å². The predicted octanol–water partition coefficient (Wildman–Crippen LogP) is 3.39. The maximum Gasteiger partial charge on any atom is 0.330 e. The van der Waals surface area contributed by atoms with E-state index in [9.17, 15) is 4.79 Å². The van der Waals surface area contributed by atoms with Crippen molar-refractivity contribution >= 4 is 34.9 Å². The lowest BCUT2D eigenvalue weighted by Crippen LogP contribution is -2.45. The molecule has 0 saturated heterocycles. The first-order valence-electron chi connectivity index (χ1n) is 8.73. The van der Waals surface area contributed by atoms with Crippen molar-refractivity contribution in [3.05, 3.63) is 60.3 Å². The Kier molecular flexibility index (Phi) is 4.44. The number of nitrogens with two attached hydrogens (primary N) is 1. The van der Waals surface area contributed by atoms with Crippen LogP contribution < -0.4 is 25.6 Å². The van der Waals surface area contributed by atoms with Gasteiger partial charge in [-0.2, -0.15) is 4.98 Å². The van der Waals surface area contributed by atoms with Crippen molar-refractivity contribution in [1.29, 1.82) is 0 Å².